The number of anilines is 1. The van der Waals surface area contributed by atoms with Crippen LogP contribution in [0.3, 0.4) is 0 Å². The van der Waals surface area contributed by atoms with Gasteiger partial charge in [0.25, 0.3) is 0 Å². The molecule has 4 nitrogen and oxygen atoms in total. The molecule has 0 heterocycles. The number of nitrogens with one attached hydrogen (secondary N) is 1. The minimum atomic E-state index is -3.41. The molecule has 0 unspecified atom stereocenters. The van der Waals surface area contributed by atoms with E-state index in [1.165, 1.54) is 12.5 Å². The summed E-state index contributed by atoms with van der Waals surface area (Å²) in [5.74, 6) is 0.506. The van der Waals surface area contributed by atoms with E-state index in [1.807, 2.05) is 6.92 Å². The fraction of sp³-hybridized carbons (Fsp3) is 0.500. The van der Waals surface area contributed by atoms with Gasteiger partial charge in [0.05, 0.1) is 4.90 Å². The zero-order valence-corrected chi connectivity index (χ0v) is 10.8. The largest absolute Gasteiger partial charge is 0.399 e. The summed E-state index contributed by atoms with van der Waals surface area (Å²) in [6, 6.07) is 4.89. The Labute approximate surface area is 102 Å². The smallest absolute Gasteiger partial charge is 0.240 e. The third-order valence-electron chi connectivity index (χ3n) is 3.17. The SMILES string of the molecule is Cc1cc(N)cc(S(=O)(=O)NCC2CCC2)c1. The number of nitrogen functional groups attached to an aromatic ring is 1. The molecule has 17 heavy (non-hydrogen) atoms. The molecular formula is C12H18N2O2S. The molecule has 0 amide bonds. The lowest BCUT2D eigenvalue weighted by molar-refractivity contribution is 0.316. The Bertz CT molecular complexity index is 487. The van der Waals surface area contributed by atoms with E-state index in [-0.39, 0.29) is 4.90 Å². The number of benzene rings is 1. The predicted molar refractivity (Wildman–Crippen MR) is 68.1 cm³/mol. The zero-order valence-electron chi connectivity index (χ0n) is 9.94. The van der Waals surface area contributed by atoms with Crippen molar-refractivity contribution in [1.29, 1.82) is 0 Å². The van der Waals surface area contributed by atoms with Gasteiger partial charge in [0, 0.05) is 12.2 Å². The Kier molecular flexibility index (Phi) is 3.40. The van der Waals surface area contributed by atoms with Crippen molar-refractivity contribution in [2.24, 2.45) is 5.92 Å². The lowest BCUT2D eigenvalue weighted by atomic mass is 9.86. The molecule has 0 atom stereocenters. The molecule has 1 saturated carbocycles. The molecule has 0 aliphatic heterocycles. The van der Waals surface area contributed by atoms with Crippen LogP contribution in [0, 0.1) is 12.8 Å². The highest BCUT2D eigenvalue weighted by Crippen LogP contribution is 2.26. The quantitative estimate of drug-likeness (QED) is 0.803. The molecule has 0 aromatic heterocycles. The molecule has 94 valence electrons. The van der Waals surface area contributed by atoms with Gasteiger partial charge in [-0.2, -0.15) is 0 Å². The summed E-state index contributed by atoms with van der Waals surface area (Å²) in [5, 5.41) is 0. The lowest BCUT2D eigenvalue weighted by Gasteiger charge is -2.25. The van der Waals surface area contributed by atoms with E-state index in [4.69, 9.17) is 5.73 Å². The lowest BCUT2D eigenvalue weighted by Crippen LogP contribution is -2.32. The number of hydrogen-bond acceptors (Lipinski definition) is 3. The van der Waals surface area contributed by atoms with Gasteiger partial charge < -0.3 is 5.73 Å². The number of rotatable bonds is 4. The van der Waals surface area contributed by atoms with Crippen LogP contribution in [0.15, 0.2) is 23.1 Å². The third kappa shape index (κ3) is 2.98. The van der Waals surface area contributed by atoms with Gasteiger partial charge in [-0.3, -0.25) is 0 Å². The molecule has 3 N–H and O–H groups in total. The first-order valence-electron chi connectivity index (χ1n) is 5.84. The molecule has 1 aliphatic carbocycles. The van der Waals surface area contributed by atoms with Crippen molar-refractivity contribution < 1.29 is 8.42 Å². The van der Waals surface area contributed by atoms with Crippen LogP contribution < -0.4 is 10.5 Å². The highest BCUT2D eigenvalue weighted by molar-refractivity contribution is 7.89. The summed E-state index contributed by atoms with van der Waals surface area (Å²) in [5.41, 5.74) is 6.99. The Hall–Kier alpha value is -1.07. The second-order valence-corrected chi connectivity index (χ2v) is 6.50. The van der Waals surface area contributed by atoms with Gasteiger partial charge in [-0.05, 0) is 49.4 Å². The first-order chi connectivity index (χ1) is 7.97. The zero-order chi connectivity index (χ0) is 12.5. The first kappa shape index (κ1) is 12.4. The third-order valence-corrected chi connectivity index (χ3v) is 4.57. The molecule has 1 aromatic carbocycles. The second kappa shape index (κ2) is 4.66. The molecule has 0 spiro atoms. The Morgan fingerprint density at radius 3 is 2.59 bits per heavy atom. The van der Waals surface area contributed by atoms with Crippen molar-refractivity contribution in [3.05, 3.63) is 23.8 Å². The number of aryl methyl sites for hydroxylation is 1. The topological polar surface area (TPSA) is 72.2 Å². The van der Waals surface area contributed by atoms with E-state index >= 15 is 0 Å². The van der Waals surface area contributed by atoms with Crippen molar-refractivity contribution in [2.45, 2.75) is 31.1 Å². The Morgan fingerprint density at radius 1 is 1.35 bits per heavy atom. The van der Waals surface area contributed by atoms with Crippen molar-refractivity contribution in [1.82, 2.24) is 4.72 Å². The maximum atomic E-state index is 12.0. The summed E-state index contributed by atoms with van der Waals surface area (Å²) in [6.45, 7) is 2.37. The van der Waals surface area contributed by atoms with Crippen molar-refractivity contribution in [3.8, 4) is 0 Å². The highest BCUT2D eigenvalue weighted by atomic mass is 32.2. The van der Waals surface area contributed by atoms with Gasteiger partial charge in [0.2, 0.25) is 10.0 Å². The molecule has 1 aromatic rings. The highest BCUT2D eigenvalue weighted by Gasteiger charge is 2.21. The molecule has 2 rings (SSSR count). The van der Waals surface area contributed by atoms with Gasteiger partial charge >= 0.3 is 0 Å². The van der Waals surface area contributed by atoms with Crippen LogP contribution in [0.2, 0.25) is 0 Å². The van der Waals surface area contributed by atoms with Gasteiger partial charge in [-0.1, -0.05) is 6.42 Å². The molecular weight excluding hydrogens is 236 g/mol. The van der Waals surface area contributed by atoms with E-state index in [9.17, 15) is 8.42 Å². The maximum Gasteiger partial charge on any atom is 0.240 e. The average Bonchev–Trinajstić information content (AvgIpc) is 2.13. The van der Waals surface area contributed by atoms with Gasteiger partial charge in [0.1, 0.15) is 0 Å². The van der Waals surface area contributed by atoms with Crippen LogP contribution in [0.4, 0.5) is 5.69 Å². The number of nitrogens with two attached hydrogens (primary N) is 1. The van der Waals surface area contributed by atoms with Crippen molar-refractivity contribution in [3.63, 3.8) is 0 Å². The van der Waals surface area contributed by atoms with E-state index in [2.05, 4.69) is 4.72 Å². The van der Waals surface area contributed by atoms with Gasteiger partial charge in [-0.15, -0.1) is 0 Å². The minimum absolute atomic E-state index is 0.259. The monoisotopic (exact) mass is 254 g/mol. The molecule has 5 heteroatoms. The summed E-state index contributed by atoms with van der Waals surface area (Å²) in [7, 11) is -3.41. The van der Waals surface area contributed by atoms with Crippen LogP contribution in [0.1, 0.15) is 24.8 Å². The van der Waals surface area contributed by atoms with Gasteiger partial charge in [0.15, 0.2) is 0 Å². The Morgan fingerprint density at radius 2 is 2.06 bits per heavy atom. The standard InChI is InChI=1S/C12H18N2O2S/c1-9-5-11(13)7-12(6-9)17(15,16)14-8-10-3-2-4-10/h5-7,10,14H,2-4,8,13H2,1H3. The second-order valence-electron chi connectivity index (χ2n) is 4.73. The predicted octanol–water partition coefficient (Wildman–Crippen LogP) is 1.66. The van der Waals surface area contributed by atoms with Crippen LogP contribution in [-0.4, -0.2) is 15.0 Å². The maximum absolute atomic E-state index is 12.0. The fourth-order valence-electron chi connectivity index (χ4n) is 1.94. The van der Waals surface area contributed by atoms with E-state index in [0.29, 0.717) is 18.2 Å². The Balaban J connectivity index is 2.12. The summed E-state index contributed by atoms with van der Waals surface area (Å²) >= 11 is 0. The summed E-state index contributed by atoms with van der Waals surface area (Å²) in [4.78, 5) is 0.259. The van der Waals surface area contributed by atoms with Crippen LogP contribution in [0.25, 0.3) is 0 Å². The van der Waals surface area contributed by atoms with E-state index in [0.717, 1.165) is 18.4 Å². The molecule has 0 saturated heterocycles. The fourth-order valence-corrected chi connectivity index (χ4v) is 3.19. The molecule has 0 radical (unpaired) electrons. The normalized spacial score (nSPS) is 16.8. The van der Waals surface area contributed by atoms with Crippen LogP contribution >= 0.6 is 0 Å². The van der Waals surface area contributed by atoms with E-state index in [1.54, 1.807) is 12.1 Å². The van der Waals surface area contributed by atoms with Gasteiger partial charge in [-0.25, -0.2) is 13.1 Å². The summed E-state index contributed by atoms with van der Waals surface area (Å²) < 4.78 is 26.7. The number of hydrogen-bond donors (Lipinski definition) is 2. The molecule has 1 fully saturated rings. The molecule has 1 aliphatic rings. The van der Waals surface area contributed by atoms with Crippen molar-refractivity contribution >= 4 is 15.7 Å². The number of sulfonamides is 1. The first-order valence-corrected chi connectivity index (χ1v) is 7.32. The van der Waals surface area contributed by atoms with Crippen LogP contribution in [-0.2, 0) is 10.0 Å². The average molecular weight is 254 g/mol. The summed E-state index contributed by atoms with van der Waals surface area (Å²) in [6.07, 6.45) is 3.46. The van der Waals surface area contributed by atoms with E-state index < -0.39 is 10.0 Å². The minimum Gasteiger partial charge on any atom is -0.399 e. The van der Waals surface area contributed by atoms with Crippen molar-refractivity contribution in [2.75, 3.05) is 12.3 Å². The molecule has 0 bridgehead atoms. The van der Waals surface area contributed by atoms with Crippen LogP contribution in [0.5, 0.6) is 0 Å².